The molecular weight excluding hydrogens is 230 g/mol. The maximum absolute atomic E-state index is 12.4. The Morgan fingerprint density at radius 3 is 3.22 bits per heavy atom. The van der Waals surface area contributed by atoms with Crippen LogP contribution in [0.5, 0.6) is 0 Å². The van der Waals surface area contributed by atoms with E-state index in [0.717, 1.165) is 19.3 Å². The van der Waals surface area contributed by atoms with E-state index >= 15 is 0 Å². The lowest BCUT2D eigenvalue weighted by Gasteiger charge is -2.37. The summed E-state index contributed by atoms with van der Waals surface area (Å²) < 4.78 is 5.70. The molecule has 5 heteroatoms. The van der Waals surface area contributed by atoms with Crippen LogP contribution in [0.2, 0.25) is 0 Å². The topological polar surface area (TPSA) is 68.5 Å². The number of nitrogens with two attached hydrogens (primary N) is 1. The zero-order chi connectivity index (χ0) is 12.5. The van der Waals surface area contributed by atoms with Gasteiger partial charge in [0.2, 0.25) is 0 Å². The van der Waals surface area contributed by atoms with Gasteiger partial charge in [-0.1, -0.05) is 0 Å². The molecule has 1 saturated carbocycles. The zero-order valence-electron chi connectivity index (χ0n) is 10.2. The third kappa shape index (κ3) is 1.95. The summed E-state index contributed by atoms with van der Waals surface area (Å²) in [5.41, 5.74) is 6.70. The fourth-order valence-corrected chi connectivity index (χ4v) is 2.89. The molecule has 5 nitrogen and oxygen atoms in total. The van der Waals surface area contributed by atoms with Crippen molar-refractivity contribution in [2.45, 2.75) is 31.4 Å². The second-order valence-electron chi connectivity index (χ2n) is 4.88. The molecule has 1 aromatic rings. The van der Waals surface area contributed by atoms with Crippen LogP contribution < -0.4 is 5.73 Å². The molecule has 0 spiro atoms. The number of anilines is 1. The number of amides is 1. The van der Waals surface area contributed by atoms with Gasteiger partial charge in [-0.3, -0.25) is 9.78 Å². The molecule has 0 unspecified atom stereocenters. The molecule has 3 rings (SSSR count). The van der Waals surface area contributed by atoms with Gasteiger partial charge in [0.1, 0.15) is 5.69 Å². The Morgan fingerprint density at radius 2 is 2.39 bits per heavy atom. The van der Waals surface area contributed by atoms with E-state index in [2.05, 4.69) is 4.98 Å². The number of aromatic nitrogens is 1. The van der Waals surface area contributed by atoms with Crippen LogP contribution in [0.3, 0.4) is 0 Å². The van der Waals surface area contributed by atoms with Crippen molar-refractivity contribution >= 4 is 11.6 Å². The summed E-state index contributed by atoms with van der Waals surface area (Å²) in [7, 11) is 0. The smallest absolute Gasteiger partial charge is 0.272 e. The number of hydrogen-bond acceptors (Lipinski definition) is 4. The van der Waals surface area contributed by atoms with Crippen LogP contribution in [-0.4, -0.2) is 41.1 Å². The third-order valence-electron chi connectivity index (χ3n) is 3.75. The van der Waals surface area contributed by atoms with Crippen molar-refractivity contribution in [2.24, 2.45) is 0 Å². The second kappa shape index (κ2) is 4.57. The number of rotatable bonds is 1. The van der Waals surface area contributed by atoms with Crippen molar-refractivity contribution in [2.75, 3.05) is 18.9 Å². The summed E-state index contributed by atoms with van der Waals surface area (Å²) in [5, 5.41) is 0. The first-order valence-electron chi connectivity index (χ1n) is 6.40. The van der Waals surface area contributed by atoms with Crippen molar-refractivity contribution in [3.05, 3.63) is 24.0 Å². The number of carbonyl (C=O) groups is 1. The summed E-state index contributed by atoms with van der Waals surface area (Å²) in [6.07, 6.45) is 5.00. The Bertz CT molecular complexity index is 463. The molecule has 2 fully saturated rings. The van der Waals surface area contributed by atoms with Gasteiger partial charge >= 0.3 is 0 Å². The molecule has 0 aromatic carbocycles. The molecule has 1 amide bonds. The van der Waals surface area contributed by atoms with Crippen LogP contribution >= 0.6 is 0 Å². The Hall–Kier alpha value is -1.62. The van der Waals surface area contributed by atoms with E-state index in [9.17, 15) is 4.79 Å². The van der Waals surface area contributed by atoms with Crippen LogP contribution in [0.15, 0.2) is 18.3 Å². The summed E-state index contributed by atoms with van der Waals surface area (Å²) in [6.45, 7) is 1.27. The molecule has 0 radical (unpaired) electrons. The van der Waals surface area contributed by atoms with Crippen molar-refractivity contribution in [3.63, 3.8) is 0 Å². The fourth-order valence-electron chi connectivity index (χ4n) is 2.89. The van der Waals surface area contributed by atoms with E-state index < -0.39 is 0 Å². The molecule has 18 heavy (non-hydrogen) atoms. The monoisotopic (exact) mass is 247 g/mol. The highest BCUT2D eigenvalue weighted by Crippen LogP contribution is 2.30. The Balaban J connectivity index is 1.83. The summed E-state index contributed by atoms with van der Waals surface area (Å²) >= 11 is 0. The largest absolute Gasteiger partial charge is 0.399 e. The molecule has 2 aliphatic rings. The lowest BCUT2D eigenvalue weighted by atomic mass is 10.1. The number of pyridine rings is 1. The third-order valence-corrected chi connectivity index (χ3v) is 3.75. The number of morpholine rings is 1. The molecule has 2 atom stereocenters. The number of fused-ring (bicyclic) bond motifs is 1. The predicted octanol–water partition coefficient (Wildman–Crippen LogP) is 1.06. The second-order valence-corrected chi connectivity index (χ2v) is 4.88. The van der Waals surface area contributed by atoms with Crippen LogP contribution in [0.25, 0.3) is 0 Å². The molecule has 96 valence electrons. The van der Waals surface area contributed by atoms with E-state index in [-0.39, 0.29) is 18.1 Å². The fraction of sp³-hybridized carbons (Fsp3) is 0.538. The molecule has 0 bridgehead atoms. The van der Waals surface area contributed by atoms with Crippen molar-refractivity contribution < 1.29 is 9.53 Å². The van der Waals surface area contributed by atoms with Gasteiger partial charge in [0.15, 0.2) is 0 Å². The maximum atomic E-state index is 12.4. The predicted molar refractivity (Wildman–Crippen MR) is 67.1 cm³/mol. The first-order valence-corrected chi connectivity index (χ1v) is 6.40. The number of carbonyl (C=O) groups excluding carboxylic acids is 1. The van der Waals surface area contributed by atoms with Crippen LogP contribution in [0.4, 0.5) is 5.69 Å². The quantitative estimate of drug-likeness (QED) is 0.805. The van der Waals surface area contributed by atoms with Crippen molar-refractivity contribution in [3.8, 4) is 0 Å². The first-order chi connectivity index (χ1) is 8.75. The number of hydrogen-bond donors (Lipinski definition) is 1. The molecule has 2 heterocycles. The SMILES string of the molecule is Nc1ccnc(C(=O)N2CCO[C@@H]3CCC[C@@H]32)c1. The highest BCUT2D eigenvalue weighted by atomic mass is 16.5. The highest BCUT2D eigenvalue weighted by molar-refractivity contribution is 5.93. The lowest BCUT2D eigenvalue weighted by molar-refractivity contribution is -0.0447. The standard InChI is InChI=1S/C13H17N3O2/c14-9-4-5-15-10(8-9)13(17)16-6-7-18-12-3-1-2-11(12)16/h4-5,8,11-12H,1-3,6-7H2,(H2,14,15)/t11-,12+/m0/s1. The Morgan fingerprint density at radius 1 is 1.50 bits per heavy atom. The lowest BCUT2D eigenvalue weighted by Crippen LogP contribution is -2.51. The van der Waals surface area contributed by atoms with Crippen molar-refractivity contribution in [1.29, 1.82) is 0 Å². The Labute approximate surface area is 106 Å². The van der Waals surface area contributed by atoms with Gasteiger partial charge in [-0.25, -0.2) is 0 Å². The molecule has 1 aromatic heterocycles. The van der Waals surface area contributed by atoms with Crippen LogP contribution in [0, 0.1) is 0 Å². The normalized spacial score (nSPS) is 27.0. The highest BCUT2D eigenvalue weighted by Gasteiger charge is 2.38. The maximum Gasteiger partial charge on any atom is 0.272 e. The Kier molecular flexibility index (Phi) is 2.91. The first kappa shape index (κ1) is 11.5. The summed E-state index contributed by atoms with van der Waals surface area (Å²) in [4.78, 5) is 18.5. The molecule has 1 aliphatic heterocycles. The minimum atomic E-state index is -0.0255. The average Bonchev–Trinajstić information content (AvgIpc) is 2.86. The minimum absolute atomic E-state index is 0.0255. The molecule has 2 N–H and O–H groups in total. The summed E-state index contributed by atoms with van der Waals surface area (Å²) in [5.74, 6) is -0.0255. The van der Waals surface area contributed by atoms with Crippen LogP contribution in [0.1, 0.15) is 29.8 Å². The van der Waals surface area contributed by atoms with Crippen LogP contribution in [-0.2, 0) is 4.74 Å². The van der Waals surface area contributed by atoms with E-state index in [0.29, 0.717) is 24.5 Å². The van der Waals surface area contributed by atoms with Gasteiger partial charge < -0.3 is 15.4 Å². The van der Waals surface area contributed by atoms with Gasteiger partial charge in [-0.2, -0.15) is 0 Å². The number of nitrogens with zero attached hydrogens (tertiary/aromatic N) is 2. The van der Waals surface area contributed by atoms with Crippen molar-refractivity contribution in [1.82, 2.24) is 9.88 Å². The summed E-state index contributed by atoms with van der Waals surface area (Å²) in [6, 6.07) is 3.55. The molecule has 1 saturated heterocycles. The van der Waals surface area contributed by atoms with E-state index in [1.807, 2.05) is 4.90 Å². The van der Waals surface area contributed by atoms with Gasteiger partial charge in [-0.05, 0) is 31.4 Å². The van der Waals surface area contributed by atoms with Gasteiger partial charge in [-0.15, -0.1) is 0 Å². The molecular formula is C13H17N3O2. The van der Waals surface area contributed by atoms with Gasteiger partial charge in [0.05, 0.1) is 18.8 Å². The number of nitrogen functional groups attached to an aromatic ring is 1. The van der Waals surface area contributed by atoms with E-state index in [1.165, 1.54) is 0 Å². The average molecular weight is 247 g/mol. The number of ether oxygens (including phenoxy) is 1. The minimum Gasteiger partial charge on any atom is -0.399 e. The zero-order valence-corrected chi connectivity index (χ0v) is 10.2. The van der Waals surface area contributed by atoms with E-state index in [4.69, 9.17) is 10.5 Å². The van der Waals surface area contributed by atoms with Gasteiger partial charge in [0.25, 0.3) is 5.91 Å². The van der Waals surface area contributed by atoms with Gasteiger partial charge in [0, 0.05) is 18.4 Å². The molecule has 1 aliphatic carbocycles. The van der Waals surface area contributed by atoms with E-state index in [1.54, 1.807) is 18.3 Å².